The summed E-state index contributed by atoms with van der Waals surface area (Å²) in [6, 6.07) is 9.34. The molecule has 1 aromatic carbocycles. The fourth-order valence-corrected chi connectivity index (χ4v) is 0.967. The predicted octanol–water partition coefficient (Wildman–Crippen LogP) is 0.549. The second kappa shape index (κ2) is 6.52. The summed E-state index contributed by atoms with van der Waals surface area (Å²) in [6.45, 7) is 0.207. The van der Waals surface area contributed by atoms with Crippen molar-refractivity contribution in [1.29, 1.82) is 0 Å². The van der Waals surface area contributed by atoms with Crippen LogP contribution in [0.5, 0.6) is 0 Å². The van der Waals surface area contributed by atoms with Gasteiger partial charge < -0.3 is 10.5 Å². The van der Waals surface area contributed by atoms with Crippen LogP contribution in [0.4, 0.5) is 0 Å². The summed E-state index contributed by atoms with van der Waals surface area (Å²) in [6.07, 6.45) is 0.974. The normalized spacial score (nSPS) is 10.0. The summed E-state index contributed by atoms with van der Waals surface area (Å²) >= 11 is 4.49. The molecular weight excluding hydrogens is 226 g/mol. The Bertz CT molecular complexity index is 392. The molecule has 0 saturated heterocycles. The maximum atomic E-state index is 11.1. The van der Waals surface area contributed by atoms with Crippen molar-refractivity contribution in [1.82, 2.24) is 5.43 Å². The lowest BCUT2D eigenvalue weighted by Gasteiger charge is -2.01. The number of ether oxygens (including phenoxy) is 1. The largest absolute Gasteiger partial charge is 0.456 e. The van der Waals surface area contributed by atoms with Gasteiger partial charge in [0.15, 0.2) is 5.11 Å². The van der Waals surface area contributed by atoms with Crippen molar-refractivity contribution in [3.63, 3.8) is 0 Å². The van der Waals surface area contributed by atoms with Crippen molar-refractivity contribution >= 4 is 29.5 Å². The molecule has 0 fully saturated rings. The van der Waals surface area contributed by atoms with Crippen LogP contribution in [0.3, 0.4) is 0 Å². The van der Waals surface area contributed by atoms with E-state index in [1.165, 1.54) is 0 Å². The van der Waals surface area contributed by atoms with Crippen LogP contribution in [-0.4, -0.2) is 17.3 Å². The molecule has 84 valence electrons. The second-order valence-corrected chi connectivity index (χ2v) is 3.27. The monoisotopic (exact) mass is 237 g/mol. The highest BCUT2D eigenvalue weighted by atomic mass is 32.1. The van der Waals surface area contributed by atoms with E-state index >= 15 is 0 Å². The molecule has 0 aromatic heterocycles. The molecule has 0 aliphatic heterocycles. The average molecular weight is 237 g/mol. The first-order valence-corrected chi connectivity index (χ1v) is 4.88. The minimum atomic E-state index is -0.562. The molecule has 0 radical (unpaired) electrons. The van der Waals surface area contributed by atoms with Gasteiger partial charge in [0.05, 0.1) is 0 Å². The van der Waals surface area contributed by atoms with Crippen LogP contribution in [0, 0.1) is 0 Å². The van der Waals surface area contributed by atoms with E-state index in [1.807, 2.05) is 30.3 Å². The first-order chi connectivity index (χ1) is 7.68. The van der Waals surface area contributed by atoms with Gasteiger partial charge in [-0.25, -0.2) is 4.79 Å². The Balaban J connectivity index is 2.30. The molecular formula is C10H11N3O2S. The fraction of sp³-hybridized carbons (Fsp3) is 0.100. The van der Waals surface area contributed by atoms with E-state index in [0.717, 1.165) is 11.8 Å². The lowest BCUT2D eigenvalue weighted by atomic mass is 10.2. The minimum absolute atomic E-state index is 0.00731. The van der Waals surface area contributed by atoms with E-state index in [9.17, 15) is 4.79 Å². The minimum Gasteiger partial charge on any atom is -0.456 e. The summed E-state index contributed by atoms with van der Waals surface area (Å²) in [4.78, 5) is 11.1. The third-order valence-corrected chi connectivity index (χ3v) is 1.66. The number of hydrogen-bond donors (Lipinski definition) is 2. The van der Waals surface area contributed by atoms with Crippen molar-refractivity contribution in [2.24, 2.45) is 10.8 Å². The third-order valence-electron chi connectivity index (χ3n) is 1.57. The predicted molar refractivity (Wildman–Crippen MR) is 64.7 cm³/mol. The van der Waals surface area contributed by atoms with Gasteiger partial charge in [-0.3, -0.25) is 5.43 Å². The summed E-state index contributed by atoms with van der Waals surface area (Å²) in [5.41, 5.74) is 8.26. The molecule has 1 aromatic rings. The SMILES string of the molecule is NC(=S)N/N=C/C(=O)OCc1ccccc1. The van der Waals surface area contributed by atoms with Crippen molar-refractivity contribution in [3.05, 3.63) is 35.9 Å². The maximum Gasteiger partial charge on any atom is 0.351 e. The van der Waals surface area contributed by atoms with Gasteiger partial charge >= 0.3 is 5.97 Å². The number of nitrogens with zero attached hydrogens (tertiary/aromatic N) is 1. The molecule has 0 heterocycles. The maximum absolute atomic E-state index is 11.1. The Morgan fingerprint density at radius 3 is 2.81 bits per heavy atom. The zero-order chi connectivity index (χ0) is 11.8. The van der Waals surface area contributed by atoms with Crippen molar-refractivity contribution < 1.29 is 9.53 Å². The summed E-state index contributed by atoms with van der Waals surface area (Å²) in [7, 11) is 0. The number of carbonyl (C=O) groups excluding carboxylic acids is 1. The van der Waals surface area contributed by atoms with Crippen molar-refractivity contribution in [2.75, 3.05) is 0 Å². The van der Waals surface area contributed by atoms with Crippen LogP contribution in [0.25, 0.3) is 0 Å². The second-order valence-electron chi connectivity index (χ2n) is 2.83. The number of rotatable bonds is 4. The van der Waals surface area contributed by atoms with Crippen LogP contribution in [0.2, 0.25) is 0 Å². The molecule has 3 N–H and O–H groups in total. The molecule has 5 nitrogen and oxygen atoms in total. The van der Waals surface area contributed by atoms with E-state index in [1.54, 1.807) is 0 Å². The Morgan fingerprint density at radius 1 is 1.50 bits per heavy atom. The Labute approximate surface area is 98.3 Å². The molecule has 0 saturated carbocycles. The van der Waals surface area contributed by atoms with E-state index in [2.05, 4.69) is 22.7 Å². The third kappa shape index (κ3) is 5.06. The van der Waals surface area contributed by atoms with E-state index in [0.29, 0.717) is 0 Å². The van der Waals surface area contributed by atoms with Gasteiger partial charge in [-0.15, -0.1) is 0 Å². The van der Waals surface area contributed by atoms with Crippen LogP contribution in [0.1, 0.15) is 5.56 Å². The quantitative estimate of drug-likeness (QED) is 0.346. The van der Waals surface area contributed by atoms with E-state index < -0.39 is 5.97 Å². The zero-order valence-electron chi connectivity index (χ0n) is 8.42. The smallest absolute Gasteiger partial charge is 0.351 e. The van der Waals surface area contributed by atoms with Crippen LogP contribution in [0.15, 0.2) is 35.4 Å². The van der Waals surface area contributed by atoms with E-state index in [4.69, 9.17) is 10.5 Å². The number of nitrogens with one attached hydrogen (secondary N) is 1. The first-order valence-electron chi connectivity index (χ1n) is 4.47. The number of esters is 1. The standard InChI is InChI=1S/C10H11N3O2S/c11-10(16)13-12-6-9(14)15-7-8-4-2-1-3-5-8/h1-6H,7H2,(H3,11,13,16)/b12-6+. The summed E-state index contributed by atoms with van der Waals surface area (Å²) < 4.78 is 4.90. The number of carbonyl (C=O) groups is 1. The topological polar surface area (TPSA) is 76.7 Å². The van der Waals surface area contributed by atoms with Gasteiger partial charge in [0.25, 0.3) is 0 Å². The molecule has 16 heavy (non-hydrogen) atoms. The molecule has 0 aliphatic rings. The van der Waals surface area contributed by atoms with Crippen molar-refractivity contribution in [2.45, 2.75) is 6.61 Å². The zero-order valence-corrected chi connectivity index (χ0v) is 9.24. The number of benzene rings is 1. The molecule has 0 aliphatic carbocycles. The highest BCUT2D eigenvalue weighted by Crippen LogP contribution is 1.99. The number of nitrogens with two attached hydrogens (primary N) is 1. The van der Waals surface area contributed by atoms with Crippen LogP contribution < -0.4 is 11.2 Å². The van der Waals surface area contributed by atoms with Gasteiger partial charge in [-0.05, 0) is 17.8 Å². The molecule has 1 rings (SSSR count). The van der Waals surface area contributed by atoms with Gasteiger partial charge in [0.2, 0.25) is 0 Å². The van der Waals surface area contributed by atoms with Crippen LogP contribution in [-0.2, 0) is 16.1 Å². The number of thiocarbonyl (C=S) groups is 1. The highest BCUT2D eigenvalue weighted by molar-refractivity contribution is 7.80. The van der Waals surface area contributed by atoms with Gasteiger partial charge in [0.1, 0.15) is 12.8 Å². The lowest BCUT2D eigenvalue weighted by Crippen LogP contribution is -2.24. The molecule has 6 heteroatoms. The fourth-order valence-electron chi connectivity index (χ4n) is 0.915. The van der Waals surface area contributed by atoms with Gasteiger partial charge in [0, 0.05) is 0 Å². The van der Waals surface area contributed by atoms with Crippen LogP contribution >= 0.6 is 12.2 Å². The summed E-state index contributed by atoms with van der Waals surface area (Å²) in [5, 5.41) is 3.46. The van der Waals surface area contributed by atoms with Gasteiger partial charge in [-0.1, -0.05) is 30.3 Å². The summed E-state index contributed by atoms with van der Waals surface area (Å²) in [5.74, 6) is -0.562. The molecule has 0 amide bonds. The first kappa shape index (κ1) is 12.1. The number of hydrazone groups is 1. The Morgan fingerprint density at radius 2 is 2.19 bits per heavy atom. The van der Waals surface area contributed by atoms with Gasteiger partial charge in [-0.2, -0.15) is 5.10 Å². The Hall–Kier alpha value is -1.95. The lowest BCUT2D eigenvalue weighted by molar-refractivity contribution is -0.136. The highest BCUT2D eigenvalue weighted by Gasteiger charge is 1.98. The average Bonchev–Trinajstić information content (AvgIpc) is 2.27. The van der Waals surface area contributed by atoms with Crippen molar-refractivity contribution in [3.8, 4) is 0 Å². The number of hydrogen-bond acceptors (Lipinski definition) is 4. The molecule has 0 spiro atoms. The molecule has 0 atom stereocenters. The molecule has 0 bridgehead atoms. The molecule has 0 unspecified atom stereocenters. The Kier molecular flexibility index (Phi) is 4.94. The van der Waals surface area contributed by atoms with E-state index in [-0.39, 0.29) is 11.7 Å².